The van der Waals surface area contributed by atoms with Crippen molar-refractivity contribution in [3.8, 4) is 0 Å². The average Bonchev–Trinajstić information content (AvgIpc) is 2.51. The molecule has 0 saturated carbocycles. The molecule has 1 heterocycles. The molecule has 1 aliphatic carbocycles. The van der Waals surface area contributed by atoms with Crippen molar-refractivity contribution in [3.63, 3.8) is 0 Å². The number of rotatable bonds is 1. The molecule has 4 nitrogen and oxygen atoms in total. The third kappa shape index (κ3) is 1.61. The van der Waals surface area contributed by atoms with Crippen LogP contribution in [0.2, 0.25) is 0 Å². The molecule has 76 valence electrons. The lowest BCUT2D eigenvalue weighted by Gasteiger charge is -2.19. The van der Waals surface area contributed by atoms with Crippen LogP contribution in [0.3, 0.4) is 0 Å². The highest BCUT2D eigenvalue weighted by Crippen LogP contribution is 2.26. The van der Waals surface area contributed by atoms with Gasteiger partial charge in [0, 0.05) is 23.9 Å². The Morgan fingerprint density at radius 1 is 1.57 bits per heavy atom. The SMILES string of the molecule is CC1NC=C(C2=CC=C(N)CC2O)O1. The Hall–Kier alpha value is -1.42. The van der Waals surface area contributed by atoms with Gasteiger partial charge >= 0.3 is 0 Å². The van der Waals surface area contributed by atoms with Gasteiger partial charge in [-0.05, 0) is 13.0 Å². The first-order valence-electron chi connectivity index (χ1n) is 4.64. The van der Waals surface area contributed by atoms with Crippen LogP contribution in [0.4, 0.5) is 0 Å². The van der Waals surface area contributed by atoms with Crippen LogP contribution in [-0.4, -0.2) is 17.4 Å². The lowest BCUT2D eigenvalue weighted by Crippen LogP contribution is -2.20. The van der Waals surface area contributed by atoms with Gasteiger partial charge < -0.3 is 20.9 Å². The Balaban J connectivity index is 2.18. The predicted octanol–water partition coefficient (Wildman–Crippen LogP) is 0.327. The highest BCUT2D eigenvalue weighted by Gasteiger charge is 2.23. The van der Waals surface area contributed by atoms with Crippen molar-refractivity contribution in [3.05, 3.63) is 35.4 Å². The maximum absolute atomic E-state index is 9.75. The van der Waals surface area contributed by atoms with E-state index in [0.29, 0.717) is 17.9 Å². The van der Waals surface area contributed by atoms with Gasteiger partial charge in [-0.1, -0.05) is 6.08 Å². The number of aliphatic hydroxyl groups is 1. The van der Waals surface area contributed by atoms with E-state index in [1.807, 2.05) is 6.92 Å². The minimum absolute atomic E-state index is 0.0265. The molecule has 2 atom stereocenters. The number of hydrogen-bond acceptors (Lipinski definition) is 4. The van der Waals surface area contributed by atoms with Crippen molar-refractivity contribution in [2.45, 2.75) is 25.7 Å². The molecule has 2 unspecified atom stereocenters. The van der Waals surface area contributed by atoms with Crippen LogP contribution in [0.25, 0.3) is 0 Å². The third-order valence-corrected chi connectivity index (χ3v) is 2.30. The summed E-state index contributed by atoms with van der Waals surface area (Å²) in [6.45, 7) is 1.91. The topological polar surface area (TPSA) is 67.5 Å². The first-order chi connectivity index (χ1) is 6.66. The molecule has 0 bridgehead atoms. The molecule has 0 fully saturated rings. The molecule has 0 saturated heterocycles. The molecular weight excluding hydrogens is 180 g/mol. The van der Waals surface area contributed by atoms with E-state index in [1.165, 1.54) is 0 Å². The molecule has 0 amide bonds. The first-order valence-corrected chi connectivity index (χ1v) is 4.64. The van der Waals surface area contributed by atoms with Crippen LogP contribution in [0.5, 0.6) is 0 Å². The van der Waals surface area contributed by atoms with Crippen LogP contribution < -0.4 is 11.1 Å². The summed E-state index contributed by atoms with van der Waals surface area (Å²) in [5.41, 5.74) is 7.08. The van der Waals surface area contributed by atoms with Gasteiger partial charge in [-0.25, -0.2) is 0 Å². The molecule has 0 aromatic carbocycles. The average molecular weight is 194 g/mol. The van der Waals surface area contributed by atoms with Crippen LogP contribution in [0, 0.1) is 0 Å². The van der Waals surface area contributed by atoms with Gasteiger partial charge in [0.15, 0.2) is 6.23 Å². The standard InChI is InChI=1S/C10H14N2O2/c1-6-12-5-10(14-6)8-3-2-7(11)4-9(8)13/h2-3,5-6,9,12-13H,4,11H2,1H3. The Morgan fingerprint density at radius 3 is 2.93 bits per heavy atom. The summed E-state index contributed by atoms with van der Waals surface area (Å²) in [4.78, 5) is 0. The molecule has 1 aliphatic heterocycles. The molecule has 4 N–H and O–H groups in total. The smallest absolute Gasteiger partial charge is 0.166 e. The van der Waals surface area contributed by atoms with Crippen molar-refractivity contribution >= 4 is 0 Å². The van der Waals surface area contributed by atoms with Gasteiger partial charge in [0.1, 0.15) is 5.76 Å². The summed E-state index contributed by atoms with van der Waals surface area (Å²) < 4.78 is 5.46. The highest BCUT2D eigenvalue weighted by molar-refractivity contribution is 5.38. The van der Waals surface area contributed by atoms with E-state index in [0.717, 1.165) is 5.57 Å². The second-order valence-electron chi connectivity index (χ2n) is 3.52. The van der Waals surface area contributed by atoms with Crippen LogP contribution in [0.15, 0.2) is 35.4 Å². The summed E-state index contributed by atoms with van der Waals surface area (Å²) in [6.07, 6.45) is 5.26. The van der Waals surface area contributed by atoms with E-state index in [9.17, 15) is 5.11 Å². The predicted molar refractivity (Wildman–Crippen MR) is 52.7 cm³/mol. The fourth-order valence-corrected chi connectivity index (χ4v) is 1.56. The third-order valence-electron chi connectivity index (χ3n) is 2.30. The van der Waals surface area contributed by atoms with Crippen LogP contribution >= 0.6 is 0 Å². The Morgan fingerprint density at radius 2 is 2.36 bits per heavy atom. The maximum Gasteiger partial charge on any atom is 0.166 e. The Labute approximate surface area is 82.7 Å². The summed E-state index contributed by atoms with van der Waals surface area (Å²) >= 11 is 0. The number of allylic oxidation sites excluding steroid dienone is 2. The zero-order valence-corrected chi connectivity index (χ0v) is 8.03. The van der Waals surface area contributed by atoms with Crippen LogP contribution in [-0.2, 0) is 4.74 Å². The summed E-state index contributed by atoms with van der Waals surface area (Å²) in [6, 6.07) is 0. The largest absolute Gasteiger partial charge is 0.469 e. The van der Waals surface area contributed by atoms with Crippen molar-refractivity contribution < 1.29 is 9.84 Å². The maximum atomic E-state index is 9.75. The van der Waals surface area contributed by atoms with Gasteiger partial charge in [0.05, 0.1) is 6.10 Å². The highest BCUT2D eigenvalue weighted by atomic mass is 16.5. The summed E-state index contributed by atoms with van der Waals surface area (Å²) in [5.74, 6) is 0.703. The van der Waals surface area contributed by atoms with Crippen molar-refractivity contribution in [1.82, 2.24) is 5.32 Å². The molecule has 14 heavy (non-hydrogen) atoms. The fraction of sp³-hybridized carbons (Fsp3) is 0.400. The normalized spacial score (nSPS) is 31.1. The Bertz CT molecular complexity index is 331. The van der Waals surface area contributed by atoms with Gasteiger partial charge in [-0.15, -0.1) is 0 Å². The first kappa shape index (κ1) is 9.15. The zero-order valence-electron chi connectivity index (χ0n) is 8.03. The van der Waals surface area contributed by atoms with Crippen molar-refractivity contribution in [2.75, 3.05) is 0 Å². The van der Waals surface area contributed by atoms with E-state index in [1.54, 1.807) is 18.4 Å². The number of hydrogen-bond donors (Lipinski definition) is 3. The molecule has 4 heteroatoms. The van der Waals surface area contributed by atoms with Gasteiger partial charge in [0.25, 0.3) is 0 Å². The molecule has 0 radical (unpaired) electrons. The van der Waals surface area contributed by atoms with E-state index < -0.39 is 6.10 Å². The monoisotopic (exact) mass is 194 g/mol. The summed E-state index contributed by atoms with van der Waals surface area (Å²) in [7, 11) is 0. The number of aliphatic hydroxyl groups excluding tert-OH is 1. The molecular formula is C10H14N2O2. The lowest BCUT2D eigenvalue weighted by molar-refractivity contribution is 0.133. The number of ether oxygens (including phenoxy) is 1. The molecule has 0 aromatic rings. The van der Waals surface area contributed by atoms with E-state index in [2.05, 4.69) is 5.32 Å². The quantitative estimate of drug-likeness (QED) is 0.562. The van der Waals surface area contributed by atoms with Crippen LogP contribution in [0.1, 0.15) is 13.3 Å². The minimum atomic E-state index is -0.557. The second-order valence-corrected chi connectivity index (χ2v) is 3.52. The molecule has 2 aliphatic rings. The van der Waals surface area contributed by atoms with Crippen molar-refractivity contribution in [2.24, 2.45) is 5.73 Å². The minimum Gasteiger partial charge on any atom is -0.469 e. The van der Waals surface area contributed by atoms with Crippen molar-refractivity contribution in [1.29, 1.82) is 0 Å². The van der Waals surface area contributed by atoms with Gasteiger partial charge in [-0.3, -0.25) is 0 Å². The zero-order chi connectivity index (χ0) is 10.1. The van der Waals surface area contributed by atoms with Gasteiger partial charge in [-0.2, -0.15) is 0 Å². The van der Waals surface area contributed by atoms with Gasteiger partial charge in [0.2, 0.25) is 0 Å². The number of nitrogens with two attached hydrogens (primary N) is 1. The molecule has 2 rings (SSSR count). The van der Waals surface area contributed by atoms with E-state index >= 15 is 0 Å². The lowest BCUT2D eigenvalue weighted by atomic mass is 9.98. The van der Waals surface area contributed by atoms with E-state index in [4.69, 9.17) is 10.5 Å². The second kappa shape index (κ2) is 3.38. The fourth-order valence-electron chi connectivity index (χ4n) is 1.56. The Kier molecular flexibility index (Phi) is 2.21. The van der Waals surface area contributed by atoms with E-state index in [-0.39, 0.29) is 6.23 Å². The summed E-state index contributed by atoms with van der Waals surface area (Å²) in [5, 5.41) is 12.8. The number of nitrogens with one attached hydrogen (secondary N) is 1. The molecule has 0 spiro atoms. The molecule has 0 aromatic heterocycles.